The van der Waals surface area contributed by atoms with Crippen LogP contribution in [0.4, 0.5) is 5.82 Å². The van der Waals surface area contributed by atoms with Gasteiger partial charge in [-0.1, -0.05) is 53.5 Å². The van der Waals surface area contributed by atoms with Crippen molar-refractivity contribution in [1.29, 1.82) is 0 Å². The quantitative estimate of drug-likeness (QED) is 0.280. The van der Waals surface area contributed by atoms with Gasteiger partial charge in [0.1, 0.15) is 18.3 Å². The first-order valence-electron chi connectivity index (χ1n) is 11.2. The average molecular weight is 537 g/mol. The molecule has 3 amide bonds. The number of nitrogens with two attached hydrogens (primary N) is 1. The molecule has 9 nitrogen and oxygen atoms in total. The Morgan fingerprint density at radius 2 is 1.73 bits per heavy atom. The molecule has 0 bridgehead atoms. The molecule has 2 aromatic heterocycles. The van der Waals surface area contributed by atoms with Gasteiger partial charge in [-0.25, -0.2) is 4.68 Å². The van der Waals surface area contributed by atoms with Gasteiger partial charge in [0.2, 0.25) is 17.7 Å². The molecule has 188 valence electrons. The predicted molar refractivity (Wildman–Crippen MR) is 141 cm³/mol. The molecule has 4 aromatic rings. The van der Waals surface area contributed by atoms with E-state index in [1.807, 2.05) is 36.4 Å². The van der Waals surface area contributed by atoms with Crippen LogP contribution in [0.15, 0.2) is 79.1 Å². The van der Waals surface area contributed by atoms with Crippen molar-refractivity contribution in [3.8, 4) is 16.9 Å². The Morgan fingerprint density at radius 3 is 2.41 bits per heavy atom. The molecule has 0 fully saturated rings. The van der Waals surface area contributed by atoms with Gasteiger partial charge < -0.3 is 16.4 Å². The molecule has 4 rings (SSSR count). The average Bonchev–Trinajstić information content (AvgIpc) is 3.30. The maximum absolute atomic E-state index is 12.8. The van der Waals surface area contributed by atoms with Crippen LogP contribution in [-0.2, 0) is 20.8 Å². The van der Waals surface area contributed by atoms with Crippen LogP contribution < -0.4 is 16.4 Å². The standard InChI is InChI=1S/C26H22Cl2N6O3/c27-19-9-8-18(12-20(19)28)34-23(13-21(33-34)17-7-4-10-30-15-17)32-25(36)14-24(35)31-22(26(29)37)11-16-5-2-1-3-6-16/h1-10,12-13,15,22H,11,14H2,(H2,29,37)(H,31,35)(H,32,36)/t22-/m1/s1. The summed E-state index contributed by atoms with van der Waals surface area (Å²) < 4.78 is 1.47. The number of nitrogens with zero attached hydrogens (tertiary/aromatic N) is 3. The fourth-order valence-electron chi connectivity index (χ4n) is 3.59. The minimum Gasteiger partial charge on any atom is -0.368 e. The van der Waals surface area contributed by atoms with Gasteiger partial charge in [0, 0.05) is 30.4 Å². The smallest absolute Gasteiger partial charge is 0.240 e. The molecule has 0 aliphatic heterocycles. The maximum Gasteiger partial charge on any atom is 0.240 e. The first-order chi connectivity index (χ1) is 17.8. The van der Waals surface area contributed by atoms with E-state index in [-0.39, 0.29) is 6.42 Å². The summed E-state index contributed by atoms with van der Waals surface area (Å²) in [5, 5.41) is 10.5. The number of pyridine rings is 1. The second kappa shape index (κ2) is 11.7. The van der Waals surface area contributed by atoms with Crippen molar-refractivity contribution >= 4 is 46.7 Å². The maximum atomic E-state index is 12.8. The lowest BCUT2D eigenvalue weighted by molar-refractivity contribution is -0.130. The van der Waals surface area contributed by atoms with Gasteiger partial charge in [-0.3, -0.25) is 19.4 Å². The number of benzene rings is 2. The van der Waals surface area contributed by atoms with E-state index in [1.54, 1.807) is 42.7 Å². The molecular formula is C26H22Cl2N6O3. The van der Waals surface area contributed by atoms with E-state index in [1.165, 1.54) is 4.68 Å². The molecule has 0 radical (unpaired) electrons. The minimum absolute atomic E-state index is 0.210. The number of anilines is 1. The zero-order valence-corrected chi connectivity index (χ0v) is 20.9. The number of amides is 3. The molecule has 11 heteroatoms. The van der Waals surface area contributed by atoms with Gasteiger partial charge in [0.05, 0.1) is 21.4 Å². The molecule has 4 N–H and O–H groups in total. The van der Waals surface area contributed by atoms with Crippen LogP contribution in [0.25, 0.3) is 16.9 Å². The summed E-state index contributed by atoms with van der Waals surface area (Å²) in [5.41, 5.74) is 8.09. The third-order valence-electron chi connectivity index (χ3n) is 5.36. The van der Waals surface area contributed by atoms with Gasteiger partial charge in [0.25, 0.3) is 0 Å². The fourth-order valence-corrected chi connectivity index (χ4v) is 3.88. The van der Waals surface area contributed by atoms with Crippen LogP contribution in [0.5, 0.6) is 0 Å². The van der Waals surface area contributed by atoms with Crippen LogP contribution >= 0.6 is 23.2 Å². The Hall–Kier alpha value is -4.21. The van der Waals surface area contributed by atoms with Crippen molar-refractivity contribution in [1.82, 2.24) is 20.1 Å². The molecule has 2 heterocycles. The first kappa shape index (κ1) is 25.9. The van der Waals surface area contributed by atoms with Crippen LogP contribution in [-0.4, -0.2) is 38.5 Å². The second-order valence-electron chi connectivity index (χ2n) is 8.10. The largest absolute Gasteiger partial charge is 0.368 e. The Morgan fingerprint density at radius 1 is 0.946 bits per heavy atom. The summed E-state index contributed by atoms with van der Waals surface area (Å²) in [6, 6.07) is 18.3. The van der Waals surface area contributed by atoms with Crippen LogP contribution in [0.1, 0.15) is 12.0 Å². The van der Waals surface area contributed by atoms with E-state index >= 15 is 0 Å². The van der Waals surface area contributed by atoms with Crippen molar-refractivity contribution in [2.24, 2.45) is 5.73 Å². The van der Waals surface area contributed by atoms with Crippen LogP contribution in [0.3, 0.4) is 0 Å². The van der Waals surface area contributed by atoms with Crippen molar-refractivity contribution < 1.29 is 14.4 Å². The highest BCUT2D eigenvalue weighted by Gasteiger charge is 2.21. The third kappa shape index (κ3) is 6.72. The normalized spacial score (nSPS) is 11.5. The minimum atomic E-state index is -0.957. The molecule has 2 aromatic carbocycles. The summed E-state index contributed by atoms with van der Waals surface area (Å²) in [6.07, 6.45) is 2.95. The van der Waals surface area contributed by atoms with Crippen molar-refractivity contribution in [2.75, 3.05) is 5.32 Å². The van der Waals surface area contributed by atoms with E-state index in [0.29, 0.717) is 27.2 Å². The number of carbonyl (C=O) groups excluding carboxylic acids is 3. The fraction of sp³-hybridized carbons (Fsp3) is 0.115. The molecular weight excluding hydrogens is 515 g/mol. The number of primary amides is 1. The van der Waals surface area contributed by atoms with E-state index in [4.69, 9.17) is 28.9 Å². The Labute approximate surface area is 222 Å². The molecule has 37 heavy (non-hydrogen) atoms. The van der Waals surface area contributed by atoms with Crippen LogP contribution in [0.2, 0.25) is 10.0 Å². The van der Waals surface area contributed by atoms with E-state index in [9.17, 15) is 14.4 Å². The lowest BCUT2D eigenvalue weighted by Gasteiger charge is -2.15. The third-order valence-corrected chi connectivity index (χ3v) is 6.10. The van der Waals surface area contributed by atoms with Gasteiger partial charge in [0.15, 0.2) is 0 Å². The molecule has 0 saturated heterocycles. The SMILES string of the molecule is NC(=O)[C@@H](Cc1ccccc1)NC(=O)CC(=O)Nc1cc(-c2cccnc2)nn1-c1ccc(Cl)c(Cl)c1. The number of hydrogen-bond donors (Lipinski definition) is 3. The highest BCUT2D eigenvalue weighted by molar-refractivity contribution is 6.42. The molecule has 0 aliphatic carbocycles. The summed E-state index contributed by atoms with van der Waals surface area (Å²) in [6.45, 7) is 0. The number of halogens is 2. The van der Waals surface area contributed by atoms with E-state index in [0.717, 1.165) is 11.1 Å². The predicted octanol–water partition coefficient (Wildman–Crippen LogP) is 3.78. The van der Waals surface area contributed by atoms with Gasteiger partial charge in [-0.2, -0.15) is 5.10 Å². The summed E-state index contributed by atoms with van der Waals surface area (Å²) in [5.74, 6) is -1.66. The number of carbonyl (C=O) groups is 3. The van der Waals surface area contributed by atoms with E-state index in [2.05, 4.69) is 20.7 Å². The zero-order valence-electron chi connectivity index (χ0n) is 19.4. The summed E-state index contributed by atoms with van der Waals surface area (Å²) in [7, 11) is 0. The Balaban J connectivity index is 1.51. The first-order valence-corrected chi connectivity index (χ1v) is 11.9. The van der Waals surface area contributed by atoms with Gasteiger partial charge in [-0.05, 0) is 35.9 Å². The van der Waals surface area contributed by atoms with Crippen molar-refractivity contribution in [2.45, 2.75) is 18.9 Å². The highest BCUT2D eigenvalue weighted by Crippen LogP contribution is 2.28. The van der Waals surface area contributed by atoms with Gasteiger partial charge >= 0.3 is 0 Å². The molecule has 0 spiro atoms. The zero-order chi connectivity index (χ0) is 26.4. The molecule has 0 aliphatic rings. The topological polar surface area (TPSA) is 132 Å². The Kier molecular flexibility index (Phi) is 8.17. The number of aromatic nitrogens is 3. The van der Waals surface area contributed by atoms with E-state index < -0.39 is 30.2 Å². The molecule has 1 atom stereocenters. The van der Waals surface area contributed by atoms with Crippen molar-refractivity contribution in [3.63, 3.8) is 0 Å². The van der Waals surface area contributed by atoms with Crippen LogP contribution in [0, 0.1) is 0 Å². The van der Waals surface area contributed by atoms with Gasteiger partial charge in [-0.15, -0.1) is 0 Å². The lowest BCUT2D eigenvalue weighted by Crippen LogP contribution is -2.46. The number of nitrogens with one attached hydrogen (secondary N) is 2. The Bertz CT molecular complexity index is 1430. The lowest BCUT2D eigenvalue weighted by atomic mass is 10.1. The monoisotopic (exact) mass is 536 g/mol. The number of hydrogen-bond acceptors (Lipinski definition) is 5. The molecule has 0 saturated carbocycles. The van der Waals surface area contributed by atoms with Crippen molar-refractivity contribution in [3.05, 3.63) is 94.7 Å². The summed E-state index contributed by atoms with van der Waals surface area (Å²) >= 11 is 12.2. The highest BCUT2D eigenvalue weighted by atomic mass is 35.5. The molecule has 0 unspecified atom stereocenters. The second-order valence-corrected chi connectivity index (χ2v) is 8.92. The summed E-state index contributed by atoms with van der Waals surface area (Å²) in [4.78, 5) is 41.3. The number of rotatable bonds is 9.